The molecule has 0 bridgehead atoms. The second kappa shape index (κ2) is 6.85. The lowest BCUT2D eigenvalue weighted by Gasteiger charge is -2.17. The molecule has 2 amide bonds. The number of hydrogen-bond acceptors (Lipinski definition) is 4. The van der Waals surface area contributed by atoms with Crippen LogP contribution in [0.5, 0.6) is 0 Å². The monoisotopic (exact) mass is 299 g/mol. The van der Waals surface area contributed by atoms with Crippen molar-refractivity contribution >= 4 is 34.8 Å². The molecule has 0 spiro atoms. The topological polar surface area (TPSA) is 92.6 Å². The standard InChI is InChI=1S/C12H14ClN3O4/c1-3-15(4-2)12(18)11(17)14-8-5-6-9(13)10(7-8)16(19)20/h5-7H,3-4H2,1-2H3,(H,14,17). The van der Waals surface area contributed by atoms with E-state index in [1.807, 2.05) is 0 Å². The van der Waals surface area contributed by atoms with E-state index >= 15 is 0 Å². The van der Waals surface area contributed by atoms with Gasteiger partial charge in [-0.05, 0) is 26.0 Å². The number of likely N-dealkylation sites (N-methyl/N-ethyl adjacent to an activating group) is 1. The van der Waals surface area contributed by atoms with Crippen LogP contribution in [0.15, 0.2) is 18.2 Å². The van der Waals surface area contributed by atoms with Crippen LogP contribution in [0.3, 0.4) is 0 Å². The summed E-state index contributed by atoms with van der Waals surface area (Å²) in [6, 6.07) is 3.79. The lowest BCUT2D eigenvalue weighted by molar-refractivity contribution is -0.384. The Balaban J connectivity index is 2.88. The van der Waals surface area contributed by atoms with E-state index in [0.717, 1.165) is 6.07 Å². The number of nitrogens with one attached hydrogen (secondary N) is 1. The van der Waals surface area contributed by atoms with Crippen molar-refractivity contribution in [2.24, 2.45) is 0 Å². The third-order valence-electron chi connectivity index (χ3n) is 2.65. The van der Waals surface area contributed by atoms with Gasteiger partial charge >= 0.3 is 11.8 Å². The van der Waals surface area contributed by atoms with E-state index in [1.54, 1.807) is 13.8 Å². The number of nitro groups is 1. The van der Waals surface area contributed by atoms with Crippen molar-refractivity contribution in [3.63, 3.8) is 0 Å². The average Bonchev–Trinajstić information content (AvgIpc) is 2.41. The van der Waals surface area contributed by atoms with E-state index in [2.05, 4.69) is 5.32 Å². The molecule has 0 saturated heterocycles. The Morgan fingerprint density at radius 2 is 1.95 bits per heavy atom. The van der Waals surface area contributed by atoms with E-state index in [-0.39, 0.29) is 16.4 Å². The molecular weight excluding hydrogens is 286 g/mol. The number of nitrogens with zero attached hydrogens (tertiary/aromatic N) is 2. The minimum Gasteiger partial charge on any atom is -0.335 e. The van der Waals surface area contributed by atoms with Gasteiger partial charge in [-0.3, -0.25) is 19.7 Å². The van der Waals surface area contributed by atoms with E-state index in [1.165, 1.54) is 17.0 Å². The van der Waals surface area contributed by atoms with E-state index in [0.29, 0.717) is 13.1 Å². The first kappa shape index (κ1) is 15.9. The summed E-state index contributed by atoms with van der Waals surface area (Å²) in [5.41, 5.74) is -0.189. The summed E-state index contributed by atoms with van der Waals surface area (Å²) in [4.78, 5) is 34.9. The van der Waals surface area contributed by atoms with Crippen molar-refractivity contribution in [2.45, 2.75) is 13.8 Å². The van der Waals surface area contributed by atoms with Crippen LogP contribution in [-0.2, 0) is 9.59 Å². The lowest BCUT2D eigenvalue weighted by Crippen LogP contribution is -2.39. The Bertz CT molecular complexity index is 544. The molecule has 0 aliphatic heterocycles. The number of halogens is 1. The molecule has 0 saturated carbocycles. The quantitative estimate of drug-likeness (QED) is 0.523. The van der Waals surface area contributed by atoms with E-state index < -0.39 is 16.7 Å². The number of carbonyl (C=O) groups excluding carboxylic acids is 2. The van der Waals surface area contributed by atoms with Crippen molar-refractivity contribution in [2.75, 3.05) is 18.4 Å². The summed E-state index contributed by atoms with van der Waals surface area (Å²) in [5, 5.41) is 13.0. The molecule has 0 heterocycles. The van der Waals surface area contributed by atoms with Crippen LogP contribution in [-0.4, -0.2) is 34.7 Å². The molecule has 0 atom stereocenters. The largest absolute Gasteiger partial charge is 0.335 e. The summed E-state index contributed by atoms with van der Waals surface area (Å²) in [6.45, 7) is 4.32. The van der Waals surface area contributed by atoms with Crippen molar-refractivity contribution in [1.82, 2.24) is 4.90 Å². The highest BCUT2D eigenvalue weighted by atomic mass is 35.5. The highest BCUT2D eigenvalue weighted by molar-refractivity contribution is 6.39. The average molecular weight is 300 g/mol. The molecule has 108 valence electrons. The SMILES string of the molecule is CCN(CC)C(=O)C(=O)Nc1ccc(Cl)c([N+](=O)[O-])c1. The second-order valence-electron chi connectivity index (χ2n) is 3.85. The molecule has 20 heavy (non-hydrogen) atoms. The van der Waals surface area contributed by atoms with Gasteiger partial charge in [0.05, 0.1) is 4.92 Å². The fourth-order valence-electron chi connectivity index (χ4n) is 1.57. The first-order valence-electron chi connectivity index (χ1n) is 5.94. The Labute approximate surface area is 120 Å². The highest BCUT2D eigenvalue weighted by Crippen LogP contribution is 2.27. The molecule has 0 aliphatic carbocycles. The van der Waals surface area contributed by atoms with Gasteiger partial charge in [-0.25, -0.2) is 0 Å². The second-order valence-corrected chi connectivity index (χ2v) is 4.26. The van der Waals surface area contributed by atoms with Crippen LogP contribution in [0.25, 0.3) is 0 Å². The lowest BCUT2D eigenvalue weighted by atomic mass is 10.2. The first-order valence-corrected chi connectivity index (χ1v) is 6.32. The minimum absolute atomic E-state index is 0.0388. The summed E-state index contributed by atoms with van der Waals surface area (Å²) in [6.07, 6.45) is 0. The number of amides is 2. The number of nitro benzene ring substituents is 1. The number of rotatable bonds is 4. The van der Waals surface area contributed by atoms with Crippen LogP contribution >= 0.6 is 11.6 Å². The molecule has 7 nitrogen and oxygen atoms in total. The van der Waals surface area contributed by atoms with Crippen LogP contribution in [0.4, 0.5) is 11.4 Å². The van der Waals surface area contributed by atoms with Gasteiger partial charge in [0.15, 0.2) is 0 Å². The molecule has 0 fully saturated rings. The van der Waals surface area contributed by atoms with Crippen molar-refractivity contribution < 1.29 is 14.5 Å². The third kappa shape index (κ3) is 3.67. The van der Waals surface area contributed by atoms with Crippen LogP contribution < -0.4 is 5.32 Å². The molecule has 8 heteroatoms. The Kier molecular flexibility index (Phi) is 5.45. The fraction of sp³-hybridized carbons (Fsp3) is 0.333. The predicted molar refractivity (Wildman–Crippen MR) is 74.7 cm³/mol. The Morgan fingerprint density at radius 1 is 1.35 bits per heavy atom. The van der Waals surface area contributed by atoms with Crippen LogP contribution in [0.2, 0.25) is 5.02 Å². The van der Waals surface area contributed by atoms with Gasteiger partial charge in [-0.2, -0.15) is 0 Å². The van der Waals surface area contributed by atoms with Gasteiger partial charge in [0.2, 0.25) is 0 Å². The zero-order chi connectivity index (χ0) is 15.3. The summed E-state index contributed by atoms with van der Waals surface area (Å²) >= 11 is 5.66. The molecule has 0 unspecified atom stereocenters. The summed E-state index contributed by atoms with van der Waals surface area (Å²) < 4.78 is 0. The number of carbonyl (C=O) groups is 2. The summed E-state index contributed by atoms with van der Waals surface area (Å²) in [7, 11) is 0. The van der Waals surface area contributed by atoms with Crippen molar-refractivity contribution in [1.29, 1.82) is 0 Å². The maximum atomic E-state index is 11.7. The predicted octanol–water partition coefficient (Wildman–Crippen LogP) is 2.06. The highest BCUT2D eigenvalue weighted by Gasteiger charge is 2.20. The molecule has 0 aromatic heterocycles. The first-order chi connectivity index (χ1) is 9.40. The van der Waals surface area contributed by atoms with Crippen molar-refractivity contribution in [3.8, 4) is 0 Å². The van der Waals surface area contributed by atoms with Gasteiger partial charge in [0, 0.05) is 24.8 Å². The zero-order valence-electron chi connectivity index (χ0n) is 11.1. The Hall–Kier alpha value is -2.15. The number of benzene rings is 1. The number of hydrogen-bond donors (Lipinski definition) is 1. The van der Waals surface area contributed by atoms with Gasteiger partial charge in [-0.1, -0.05) is 11.6 Å². The van der Waals surface area contributed by atoms with Crippen molar-refractivity contribution in [3.05, 3.63) is 33.3 Å². The molecule has 1 aromatic rings. The van der Waals surface area contributed by atoms with E-state index in [9.17, 15) is 19.7 Å². The Morgan fingerprint density at radius 3 is 2.45 bits per heavy atom. The fourth-order valence-corrected chi connectivity index (χ4v) is 1.76. The van der Waals surface area contributed by atoms with E-state index in [4.69, 9.17) is 11.6 Å². The van der Waals surface area contributed by atoms with Gasteiger partial charge < -0.3 is 10.2 Å². The molecule has 0 radical (unpaired) electrons. The maximum Gasteiger partial charge on any atom is 0.313 e. The molecule has 1 rings (SSSR count). The summed E-state index contributed by atoms with van der Waals surface area (Å²) in [5.74, 6) is -1.53. The van der Waals surface area contributed by atoms with Gasteiger partial charge in [0.25, 0.3) is 5.69 Å². The normalized spacial score (nSPS) is 9.95. The third-order valence-corrected chi connectivity index (χ3v) is 2.97. The minimum atomic E-state index is -0.842. The smallest absolute Gasteiger partial charge is 0.313 e. The number of anilines is 1. The molecule has 0 aliphatic rings. The molecular formula is C12H14ClN3O4. The maximum absolute atomic E-state index is 11.7. The zero-order valence-corrected chi connectivity index (χ0v) is 11.8. The van der Waals surface area contributed by atoms with Crippen LogP contribution in [0.1, 0.15) is 13.8 Å². The van der Waals surface area contributed by atoms with Crippen LogP contribution in [0, 0.1) is 10.1 Å². The molecule has 1 aromatic carbocycles. The molecule has 1 N–H and O–H groups in total. The van der Waals surface area contributed by atoms with Gasteiger partial charge in [0.1, 0.15) is 5.02 Å². The van der Waals surface area contributed by atoms with Gasteiger partial charge in [-0.15, -0.1) is 0 Å².